The number of rotatable bonds is 5. The molecule has 0 atom stereocenters. The third kappa shape index (κ3) is 3.80. The Morgan fingerprint density at radius 1 is 1.12 bits per heavy atom. The van der Waals surface area contributed by atoms with Gasteiger partial charge in [-0.1, -0.05) is 42.0 Å². The highest BCUT2D eigenvalue weighted by atomic mass is 32.1. The van der Waals surface area contributed by atoms with Crippen molar-refractivity contribution < 1.29 is 4.79 Å². The number of carbonyl (C=O) groups excluding carboxylic acids is 1. The second-order valence-corrected chi connectivity index (χ2v) is 7.48. The lowest BCUT2D eigenvalue weighted by Gasteiger charge is -2.06. The summed E-state index contributed by atoms with van der Waals surface area (Å²) < 4.78 is 0. The van der Waals surface area contributed by atoms with E-state index in [0.29, 0.717) is 18.0 Å². The van der Waals surface area contributed by atoms with Gasteiger partial charge in [-0.25, -0.2) is 4.98 Å². The Morgan fingerprint density at radius 3 is 2.52 bits per heavy atom. The number of carbonyl (C=O) groups is 1. The monoisotopic (exact) mass is 348 g/mol. The Hall–Kier alpha value is -2.46. The number of hydrogen-bond acceptors (Lipinski definition) is 3. The van der Waals surface area contributed by atoms with E-state index in [1.165, 1.54) is 23.4 Å². The summed E-state index contributed by atoms with van der Waals surface area (Å²) in [5.74, 6) is 0.634. The topological polar surface area (TPSA) is 42.0 Å². The minimum Gasteiger partial charge on any atom is -0.348 e. The third-order valence-corrected chi connectivity index (χ3v) is 5.47. The molecular formula is C21H20N2OS. The Labute approximate surface area is 151 Å². The number of hydrogen-bond donors (Lipinski definition) is 1. The van der Waals surface area contributed by atoms with Crippen LogP contribution < -0.4 is 5.32 Å². The molecular weight excluding hydrogens is 328 g/mol. The number of amides is 1. The molecule has 126 valence electrons. The summed E-state index contributed by atoms with van der Waals surface area (Å²) >= 11 is 1.74. The molecule has 1 aliphatic carbocycles. The molecule has 25 heavy (non-hydrogen) atoms. The lowest BCUT2D eigenvalue weighted by atomic mass is 10.1. The first-order chi connectivity index (χ1) is 12.2. The zero-order valence-electron chi connectivity index (χ0n) is 14.2. The molecule has 1 aromatic heterocycles. The second-order valence-electron chi connectivity index (χ2n) is 6.59. The number of aryl methyl sites for hydroxylation is 1. The van der Waals surface area contributed by atoms with Crippen LogP contribution in [0, 0.1) is 6.92 Å². The SMILES string of the molecule is Cc1ccc(CNC(=O)c2ccc(-c3csc(C4CC4)n3)cc2)cc1. The summed E-state index contributed by atoms with van der Waals surface area (Å²) in [4.78, 5) is 17.0. The fourth-order valence-electron chi connectivity index (χ4n) is 2.72. The van der Waals surface area contributed by atoms with Gasteiger partial charge in [-0.15, -0.1) is 11.3 Å². The van der Waals surface area contributed by atoms with Crippen molar-refractivity contribution in [2.75, 3.05) is 0 Å². The van der Waals surface area contributed by atoms with Crippen LogP contribution in [0.3, 0.4) is 0 Å². The molecule has 1 heterocycles. The number of aromatic nitrogens is 1. The van der Waals surface area contributed by atoms with Gasteiger partial charge in [0.2, 0.25) is 0 Å². The van der Waals surface area contributed by atoms with Gasteiger partial charge in [0.15, 0.2) is 0 Å². The Bertz CT molecular complexity index is 877. The van der Waals surface area contributed by atoms with E-state index < -0.39 is 0 Å². The number of nitrogens with one attached hydrogen (secondary N) is 1. The average molecular weight is 348 g/mol. The van der Waals surface area contributed by atoms with Crippen LogP contribution in [-0.4, -0.2) is 10.9 Å². The van der Waals surface area contributed by atoms with Crippen molar-refractivity contribution in [1.82, 2.24) is 10.3 Å². The van der Waals surface area contributed by atoms with E-state index in [9.17, 15) is 4.79 Å². The predicted molar refractivity (Wildman–Crippen MR) is 102 cm³/mol. The van der Waals surface area contributed by atoms with E-state index in [1.54, 1.807) is 11.3 Å². The largest absolute Gasteiger partial charge is 0.348 e. The molecule has 0 unspecified atom stereocenters. The summed E-state index contributed by atoms with van der Waals surface area (Å²) in [7, 11) is 0. The highest BCUT2D eigenvalue weighted by molar-refractivity contribution is 7.10. The van der Waals surface area contributed by atoms with Crippen LogP contribution in [0.2, 0.25) is 0 Å². The van der Waals surface area contributed by atoms with Crippen molar-refractivity contribution in [3.63, 3.8) is 0 Å². The van der Waals surface area contributed by atoms with Crippen LogP contribution in [0.5, 0.6) is 0 Å². The molecule has 0 radical (unpaired) electrons. The molecule has 4 rings (SSSR count). The Morgan fingerprint density at radius 2 is 1.84 bits per heavy atom. The smallest absolute Gasteiger partial charge is 0.251 e. The summed E-state index contributed by atoms with van der Waals surface area (Å²) in [6.45, 7) is 2.59. The highest BCUT2D eigenvalue weighted by Crippen LogP contribution is 2.42. The fourth-order valence-corrected chi connectivity index (χ4v) is 3.72. The molecule has 1 saturated carbocycles. The van der Waals surface area contributed by atoms with Gasteiger partial charge in [0.05, 0.1) is 10.7 Å². The summed E-state index contributed by atoms with van der Waals surface area (Å²) in [6.07, 6.45) is 2.54. The van der Waals surface area contributed by atoms with E-state index in [1.807, 2.05) is 36.4 Å². The van der Waals surface area contributed by atoms with Gasteiger partial charge in [0, 0.05) is 29.0 Å². The molecule has 4 heteroatoms. The maximum Gasteiger partial charge on any atom is 0.251 e. The second kappa shape index (κ2) is 6.81. The molecule has 1 N–H and O–H groups in total. The molecule has 3 aromatic rings. The van der Waals surface area contributed by atoms with Crippen LogP contribution in [0.15, 0.2) is 53.9 Å². The first kappa shape index (κ1) is 16.0. The Balaban J connectivity index is 1.40. The minimum absolute atomic E-state index is 0.0518. The lowest BCUT2D eigenvalue weighted by molar-refractivity contribution is 0.0951. The van der Waals surface area contributed by atoms with Gasteiger partial charge in [-0.3, -0.25) is 4.79 Å². The maximum absolute atomic E-state index is 12.3. The van der Waals surface area contributed by atoms with Gasteiger partial charge >= 0.3 is 0 Å². The van der Waals surface area contributed by atoms with Crippen molar-refractivity contribution in [2.45, 2.75) is 32.2 Å². The van der Waals surface area contributed by atoms with Gasteiger partial charge in [0.1, 0.15) is 0 Å². The quantitative estimate of drug-likeness (QED) is 0.710. The lowest BCUT2D eigenvalue weighted by Crippen LogP contribution is -2.22. The standard InChI is InChI=1S/C21H20N2OS/c1-14-2-4-15(5-3-14)12-22-20(24)17-8-6-16(7-9-17)19-13-25-21(23-19)18-10-11-18/h2-9,13,18H,10-12H2,1H3,(H,22,24). The first-order valence-electron chi connectivity index (χ1n) is 8.58. The van der Waals surface area contributed by atoms with Crippen molar-refractivity contribution >= 4 is 17.2 Å². The van der Waals surface area contributed by atoms with E-state index in [2.05, 4.69) is 29.8 Å². The van der Waals surface area contributed by atoms with Crippen molar-refractivity contribution in [1.29, 1.82) is 0 Å². The number of nitrogens with zero attached hydrogens (tertiary/aromatic N) is 1. The predicted octanol–water partition coefficient (Wildman–Crippen LogP) is 4.93. The molecule has 2 aromatic carbocycles. The molecule has 0 spiro atoms. The fraction of sp³-hybridized carbons (Fsp3) is 0.238. The summed E-state index contributed by atoms with van der Waals surface area (Å²) in [5, 5.41) is 6.33. The van der Waals surface area contributed by atoms with Crippen LogP contribution >= 0.6 is 11.3 Å². The molecule has 0 saturated heterocycles. The van der Waals surface area contributed by atoms with Crippen LogP contribution in [0.25, 0.3) is 11.3 Å². The molecule has 0 aliphatic heterocycles. The molecule has 1 fully saturated rings. The molecule has 0 bridgehead atoms. The highest BCUT2D eigenvalue weighted by Gasteiger charge is 2.26. The van der Waals surface area contributed by atoms with E-state index in [0.717, 1.165) is 16.8 Å². The number of thiazole rings is 1. The zero-order chi connectivity index (χ0) is 17.2. The van der Waals surface area contributed by atoms with Gasteiger partial charge in [-0.2, -0.15) is 0 Å². The van der Waals surface area contributed by atoms with Crippen molar-refractivity contribution in [3.8, 4) is 11.3 Å². The van der Waals surface area contributed by atoms with E-state index in [-0.39, 0.29) is 5.91 Å². The van der Waals surface area contributed by atoms with E-state index >= 15 is 0 Å². The maximum atomic E-state index is 12.3. The molecule has 3 nitrogen and oxygen atoms in total. The minimum atomic E-state index is -0.0518. The van der Waals surface area contributed by atoms with Crippen molar-refractivity contribution in [3.05, 3.63) is 75.6 Å². The Kier molecular flexibility index (Phi) is 4.36. The first-order valence-corrected chi connectivity index (χ1v) is 9.46. The summed E-state index contributed by atoms with van der Waals surface area (Å²) in [6, 6.07) is 15.9. The average Bonchev–Trinajstić information content (AvgIpc) is 3.38. The van der Waals surface area contributed by atoms with Crippen LogP contribution in [-0.2, 0) is 6.54 Å². The molecule has 1 aliphatic rings. The normalized spacial score (nSPS) is 13.6. The third-order valence-electron chi connectivity index (χ3n) is 4.47. The summed E-state index contributed by atoms with van der Waals surface area (Å²) in [5.41, 5.74) is 5.08. The van der Waals surface area contributed by atoms with Crippen LogP contribution in [0.1, 0.15) is 45.3 Å². The van der Waals surface area contributed by atoms with Crippen molar-refractivity contribution in [2.24, 2.45) is 0 Å². The van der Waals surface area contributed by atoms with E-state index in [4.69, 9.17) is 4.98 Å². The molecule has 1 amide bonds. The van der Waals surface area contributed by atoms with Crippen LogP contribution in [0.4, 0.5) is 0 Å². The zero-order valence-corrected chi connectivity index (χ0v) is 15.0. The van der Waals surface area contributed by atoms with Gasteiger partial charge in [0.25, 0.3) is 5.91 Å². The van der Waals surface area contributed by atoms with Gasteiger partial charge < -0.3 is 5.32 Å². The van der Waals surface area contributed by atoms with Gasteiger partial charge in [-0.05, 0) is 37.5 Å². The number of benzene rings is 2.